The third kappa shape index (κ3) is 2.82. The third-order valence-electron chi connectivity index (χ3n) is 3.48. The molecule has 1 atom stereocenters. The van der Waals surface area contributed by atoms with Crippen molar-refractivity contribution in [3.63, 3.8) is 0 Å². The zero-order chi connectivity index (χ0) is 13.0. The number of para-hydroxylation sites is 1. The number of hydrogen-bond acceptors (Lipinski definition) is 3. The van der Waals surface area contributed by atoms with Crippen molar-refractivity contribution < 1.29 is 14.2 Å². The van der Waals surface area contributed by atoms with Crippen molar-refractivity contribution >= 4 is 5.69 Å². The van der Waals surface area contributed by atoms with Gasteiger partial charge in [-0.05, 0) is 24.8 Å². The molecule has 0 amide bonds. The lowest BCUT2D eigenvalue weighted by atomic mass is 9.97. The number of anilines is 1. The molecule has 1 saturated heterocycles. The maximum absolute atomic E-state index is 14.0. The van der Waals surface area contributed by atoms with Crippen LogP contribution in [0.15, 0.2) is 18.2 Å². The second kappa shape index (κ2) is 6.16. The number of aliphatic hydroxyl groups excluding tert-OH is 1. The number of piperidine rings is 1. The minimum atomic E-state index is -0.250. The number of hydrogen-bond donors (Lipinski definition) is 1. The zero-order valence-electron chi connectivity index (χ0n) is 10.7. The molecule has 1 aromatic carbocycles. The standard InChI is InChI=1S/C14H20FNO2/c1-18-10-11-4-3-7-16(8-11)14-12(9-17)5-2-6-13(14)15/h2,5-6,11,17H,3-4,7-10H2,1H3. The smallest absolute Gasteiger partial charge is 0.146 e. The van der Waals surface area contributed by atoms with Gasteiger partial charge in [0.05, 0.1) is 18.9 Å². The molecule has 1 aromatic rings. The van der Waals surface area contributed by atoms with E-state index in [1.54, 1.807) is 19.2 Å². The van der Waals surface area contributed by atoms with Gasteiger partial charge in [-0.2, -0.15) is 0 Å². The van der Waals surface area contributed by atoms with Crippen molar-refractivity contribution in [3.05, 3.63) is 29.6 Å². The highest BCUT2D eigenvalue weighted by molar-refractivity contribution is 5.55. The SMILES string of the molecule is COCC1CCCN(c2c(F)cccc2CO)C1. The van der Waals surface area contributed by atoms with Gasteiger partial charge < -0.3 is 14.7 Å². The van der Waals surface area contributed by atoms with Crippen molar-refractivity contribution in [3.8, 4) is 0 Å². The van der Waals surface area contributed by atoms with Crippen LogP contribution in [0.3, 0.4) is 0 Å². The first-order chi connectivity index (χ1) is 8.76. The lowest BCUT2D eigenvalue weighted by Gasteiger charge is -2.35. The van der Waals surface area contributed by atoms with Gasteiger partial charge in [-0.3, -0.25) is 0 Å². The molecule has 1 aliphatic heterocycles. The normalized spacial score (nSPS) is 20.2. The second-order valence-electron chi connectivity index (χ2n) is 4.82. The molecule has 1 unspecified atom stereocenters. The maximum Gasteiger partial charge on any atom is 0.146 e. The van der Waals surface area contributed by atoms with Crippen molar-refractivity contribution in [2.75, 3.05) is 31.7 Å². The molecule has 0 bridgehead atoms. The summed E-state index contributed by atoms with van der Waals surface area (Å²) in [6.45, 7) is 2.22. The van der Waals surface area contributed by atoms with E-state index >= 15 is 0 Å². The summed E-state index contributed by atoms with van der Waals surface area (Å²) in [5.74, 6) is 0.189. The van der Waals surface area contributed by atoms with Crippen molar-refractivity contribution in [2.45, 2.75) is 19.4 Å². The predicted octanol–water partition coefficient (Wildman–Crippen LogP) is 2.18. The number of ether oxygens (including phenoxy) is 1. The largest absolute Gasteiger partial charge is 0.392 e. The van der Waals surface area contributed by atoms with Gasteiger partial charge in [0.1, 0.15) is 5.82 Å². The van der Waals surface area contributed by atoms with Crippen LogP contribution in [0.25, 0.3) is 0 Å². The summed E-state index contributed by atoms with van der Waals surface area (Å²) < 4.78 is 19.1. The topological polar surface area (TPSA) is 32.7 Å². The van der Waals surface area contributed by atoms with E-state index in [1.165, 1.54) is 6.07 Å². The van der Waals surface area contributed by atoms with E-state index in [2.05, 4.69) is 0 Å². The summed E-state index contributed by atoms with van der Waals surface area (Å²) >= 11 is 0. The Bertz CT molecular complexity index is 395. The Kier molecular flexibility index (Phi) is 4.55. The molecule has 0 aromatic heterocycles. The number of aliphatic hydroxyl groups is 1. The molecule has 0 saturated carbocycles. The molecule has 2 rings (SSSR count). The average Bonchev–Trinajstić information content (AvgIpc) is 2.39. The van der Waals surface area contributed by atoms with Crippen molar-refractivity contribution in [1.82, 2.24) is 0 Å². The Labute approximate surface area is 107 Å². The first-order valence-electron chi connectivity index (χ1n) is 6.38. The number of methoxy groups -OCH3 is 1. The molecule has 1 N–H and O–H groups in total. The van der Waals surface area contributed by atoms with Crippen molar-refractivity contribution in [1.29, 1.82) is 0 Å². The molecule has 1 heterocycles. The maximum atomic E-state index is 14.0. The van der Waals surface area contributed by atoms with Crippen LogP contribution >= 0.6 is 0 Å². The monoisotopic (exact) mass is 253 g/mol. The average molecular weight is 253 g/mol. The molecule has 4 heteroatoms. The Hall–Kier alpha value is -1.13. The second-order valence-corrected chi connectivity index (χ2v) is 4.82. The van der Waals surface area contributed by atoms with E-state index in [-0.39, 0.29) is 12.4 Å². The molecule has 100 valence electrons. The molecule has 3 nitrogen and oxygen atoms in total. The van der Waals surface area contributed by atoms with Crippen molar-refractivity contribution in [2.24, 2.45) is 5.92 Å². The predicted molar refractivity (Wildman–Crippen MR) is 69.1 cm³/mol. The van der Waals surface area contributed by atoms with E-state index in [0.717, 1.165) is 25.9 Å². The van der Waals surface area contributed by atoms with E-state index in [4.69, 9.17) is 4.74 Å². The quantitative estimate of drug-likeness (QED) is 0.892. The summed E-state index contributed by atoms with van der Waals surface area (Å²) in [5.41, 5.74) is 1.22. The Morgan fingerprint density at radius 1 is 1.50 bits per heavy atom. The molecule has 1 fully saturated rings. The van der Waals surface area contributed by atoms with Crippen LogP contribution in [0.5, 0.6) is 0 Å². The minimum Gasteiger partial charge on any atom is -0.392 e. The van der Waals surface area contributed by atoms with Crippen LogP contribution in [0.2, 0.25) is 0 Å². The molecule has 18 heavy (non-hydrogen) atoms. The van der Waals surface area contributed by atoms with Gasteiger partial charge in [-0.15, -0.1) is 0 Å². The van der Waals surface area contributed by atoms with Gasteiger partial charge in [0, 0.05) is 25.8 Å². The summed E-state index contributed by atoms with van der Waals surface area (Å²) in [4.78, 5) is 2.04. The van der Waals surface area contributed by atoms with E-state index < -0.39 is 0 Å². The summed E-state index contributed by atoms with van der Waals surface area (Å²) in [6.07, 6.45) is 2.15. The van der Waals surface area contributed by atoms with Crippen LogP contribution in [0.1, 0.15) is 18.4 Å². The zero-order valence-corrected chi connectivity index (χ0v) is 10.7. The van der Waals surface area contributed by atoms with Gasteiger partial charge in [-0.1, -0.05) is 12.1 Å². The number of rotatable bonds is 4. The van der Waals surface area contributed by atoms with E-state index in [1.807, 2.05) is 4.90 Å². The fourth-order valence-corrected chi connectivity index (χ4v) is 2.68. The highest BCUT2D eigenvalue weighted by Gasteiger charge is 2.23. The van der Waals surface area contributed by atoms with Crippen LogP contribution in [-0.4, -0.2) is 31.9 Å². The van der Waals surface area contributed by atoms with Crippen LogP contribution in [0, 0.1) is 11.7 Å². The van der Waals surface area contributed by atoms with Gasteiger partial charge in [0.25, 0.3) is 0 Å². The molecular weight excluding hydrogens is 233 g/mol. The van der Waals surface area contributed by atoms with Crippen LogP contribution in [0.4, 0.5) is 10.1 Å². The van der Waals surface area contributed by atoms with Gasteiger partial charge >= 0.3 is 0 Å². The molecular formula is C14H20FNO2. The Morgan fingerprint density at radius 3 is 3.06 bits per heavy atom. The summed E-state index contributed by atoms with van der Waals surface area (Å²) in [7, 11) is 1.70. The van der Waals surface area contributed by atoms with Gasteiger partial charge in [0.2, 0.25) is 0 Å². The lowest BCUT2D eigenvalue weighted by molar-refractivity contribution is 0.143. The van der Waals surface area contributed by atoms with Crippen LogP contribution in [-0.2, 0) is 11.3 Å². The third-order valence-corrected chi connectivity index (χ3v) is 3.48. The molecule has 0 aliphatic carbocycles. The summed E-state index contributed by atoms with van der Waals surface area (Å²) in [6, 6.07) is 4.87. The Balaban J connectivity index is 2.20. The first kappa shape index (κ1) is 13.3. The minimum absolute atomic E-state index is 0.126. The molecule has 1 aliphatic rings. The Morgan fingerprint density at radius 2 is 2.33 bits per heavy atom. The van der Waals surface area contributed by atoms with Gasteiger partial charge in [-0.25, -0.2) is 4.39 Å². The fourth-order valence-electron chi connectivity index (χ4n) is 2.68. The number of benzene rings is 1. The summed E-state index contributed by atoms with van der Waals surface area (Å²) in [5, 5.41) is 9.32. The highest BCUT2D eigenvalue weighted by atomic mass is 19.1. The number of nitrogens with zero attached hydrogens (tertiary/aromatic N) is 1. The highest BCUT2D eigenvalue weighted by Crippen LogP contribution is 2.29. The van der Waals surface area contributed by atoms with E-state index in [9.17, 15) is 9.50 Å². The van der Waals surface area contributed by atoms with Crippen LogP contribution < -0.4 is 4.90 Å². The molecule has 0 spiro atoms. The molecule has 0 radical (unpaired) electrons. The van der Waals surface area contributed by atoms with E-state index in [0.29, 0.717) is 23.8 Å². The van der Waals surface area contributed by atoms with Gasteiger partial charge in [0.15, 0.2) is 0 Å². The number of halogens is 1. The fraction of sp³-hybridized carbons (Fsp3) is 0.571. The lowest BCUT2D eigenvalue weighted by Crippen LogP contribution is -2.38. The first-order valence-corrected chi connectivity index (χ1v) is 6.38.